The lowest BCUT2D eigenvalue weighted by Gasteiger charge is -2.14. The number of hydrogen-bond acceptors (Lipinski definition) is 8. The fourth-order valence-electron chi connectivity index (χ4n) is 2.66. The standard InChI is InChI=1S/C20H22N6O2S3/c1-22-18-11-12-30-19(18)20(25-16-5-3-4-6-17(16)26-29-2)24-13-23-14-7-9-15(10-8-14)31(21,27)28/h3-12,23,26H,1,13H2,2H3,(H,24,25)(H2,21,27,28). The second-order valence-corrected chi connectivity index (χ2v) is 9.27. The average molecular weight is 475 g/mol. The molecule has 1 heterocycles. The summed E-state index contributed by atoms with van der Waals surface area (Å²) in [5, 5.41) is 13.6. The van der Waals surface area contributed by atoms with Crippen molar-refractivity contribution in [3.8, 4) is 0 Å². The number of aliphatic imine (C=N–C) groups is 2. The molecule has 0 atom stereocenters. The third-order valence-electron chi connectivity index (χ3n) is 4.13. The van der Waals surface area contributed by atoms with Gasteiger partial charge in [-0.3, -0.25) is 4.99 Å². The summed E-state index contributed by atoms with van der Waals surface area (Å²) in [6, 6.07) is 15.9. The molecule has 0 spiro atoms. The highest BCUT2D eigenvalue weighted by Gasteiger charge is 2.13. The largest absolute Gasteiger partial charge is 0.366 e. The summed E-state index contributed by atoms with van der Waals surface area (Å²) in [6.07, 6.45) is 1.95. The Morgan fingerprint density at radius 1 is 1.13 bits per heavy atom. The Balaban J connectivity index is 1.83. The zero-order valence-corrected chi connectivity index (χ0v) is 19.2. The van der Waals surface area contributed by atoms with Crippen molar-refractivity contribution in [1.29, 1.82) is 0 Å². The molecule has 162 valence electrons. The van der Waals surface area contributed by atoms with Crippen LogP contribution in [0.25, 0.3) is 0 Å². The second-order valence-electron chi connectivity index (χ2n) is 6.18. The van der Waals surface area contributed by atoms with E-state index in [1.54, 1.807) is 12.1 Å². The second kappa shape index (κ2) is 10.4. The zero-order valence-electron chi connectivity index (χ0n) is 16.7. The molecule has 0 fully saturated rings. The van der Waals surface area contributed by atoms with Crippen LogP contribution in [0.2, 0.25) is 0 Å². The van der Waals surface area contributed by atoms with Gasteiger partial charge in [-0.15, -0.1) is 11.3 Å². The van der Waals surface area contributed by atoms with Crippen molar-refractivity contribution in [2.75, 3.05) is 28.3 Å². The molecule has 0 aliphatic heterocycles. The van der Waals surface area contributed by atoms with Gasteiger partial charge in [0.05, 0.1) is 26.8 Å². The first-order chi connectivity index (χ1) is 14.9. The third-order valence-corrected chi connectivity index (χ3v) is 6.39. The van der Waals surface area contributed by atoms with Crippen LogP contribution in [0.15, 0.2) is 74.9 Å². The van der Waals surface area contributed by atoms with E-state index in [0.717, 1.165) is 21.9 Å². The third kappa shape index (κ3) is 6.07. The Hall–Kier alpha value is -2.86. The molecular weight excluding hydrogens is 452 g/mol. The van der Waals surface area contributed by atoms with Crippen LogP contribution in [0.5, 0.6) is 0 Å². The number of para-hydroxylation sites is 2. The molecule has 0 aliphatic carbocycles. The van der Waals surface area contributed by atoms with Crippen molar-refractivity contribution in [2.45, 2.75) is 4.90 Å². The minimum atomic E-state index is -3.72. The summed E-state index contributed by atoms with van der Waals surface area (Å²) < 4.78 is 26.0. The van der Waals surface area contributed by atoms with Gasteiger partial charge in [0.2, 0.25) is 10.0 Å². The molecule has 0 bridgehead atoms. The van der Waals surface area contributed by atoms with Gasteiger partial charge in [0, 0.05) is 11.9 Å². The Morgan fingerprint density at radius 2 is 1.84 bits per heavy atom. The number of hydrogen-bond donors (Lipinski definition) is 4. The molecule has 0 saturated carbocycles. The van der Waals surface area contributed by atoms with Crippen molar-refractivity contribution < 1.29 is 8.42 Å². The van der Waals surface area contributed by atoms with Crippen molar-refractivity contribution >= 4 is 68.6 Å². The number of anilines is 3. The first kappa shape index (κ1) is 22.8. The minimum absolute atomic E-state index is 0.0575. The Kier molecular flexibility index (Phi) is 7.69. The fourth-order valence-corrected chi connectivity index (χ4v) is 4.39. The molecule has 3 aromatic rings. The number of nitrogens with zero attached hydrogens (tertiary/aromatic N) is 2. The van der Waals surface area contributed by atoms with E-state index in [2.05, 4.69) is 32.1 Å². The molecule has 5 N–H and O–H groups in total. The van der Waals surface area contributed by atoms with Gasteiger partial charge >= 0.3 is 0 Å². The van der Waals surface area contributed by atoms with Crippen LogP contribution in [-0.4, -0.2) is 33.9 Å². The summed E-state index contributed by atoms with van der Waals surface area (Å²) >= 11 is 3.01. The van der Waals surface area contributed by atoms with Gasteiger partial charge in [-0.1, -0.05) is 24.1 Å². The number of sulfonamides is 1. The quantitative estimate of drug-likeness (QED) is 0.208. The topological polar surface area (TPSA) is 121 Å². The van der Waals surface area contributed by atoms with Crippen LogP contribution in [0, 0.1) is 0 Å². The average Bonchev–Trinajstić information content (AvgIpc) is 3.23. The molecule has 31 heavy (non-hydrogen) atoms. The summed E-state index contributed by atoms with van der Waals surface area (Å²) in [5.41, 5.74) is 3.26. The molecule has 0 radical (unpaired) electrons. The van der Waals surface area contributed by atoms with Crippen LogP contribution in [-0.2, 0) is 10.0 Å². The monoisotopic (exact) mass is 474 g/mol. The Labute approximate surface area is 189 Å². The molecule has 0 unspecified atom stereocenters. The molecule has 2 aromatic carbocycles. The number of thiophene rings is 1. The first-order valence-electron chi connectivity index (χ1n) is 9.03. The van der Waals surface area contributed by atoms with Gasteiger partial charge in [-0.2, -0.15) is 0 Å². The van der Waals surface area contributed by atoms with Gasteiger partial charge < -0.3 is 15.4 Å². The maximum absolute atomic E-state index is 11.4. The van der Waals surface area contributed by atoms with Gasteiger partial charge in [0.15, 0.2) is 0 Å². The van der Waals surface area contributed by atoms with E-state index in [4.69, 9.17) is 5.14 Å². The maximum atomic E-state index is 11.4. The van der Waals surface area contributed by atoms with Gasteiger partial charge in [-0.05, 0) is 54.6 Å². The lowest BCUT2D eigenvalue weighted by Crippen LogP contribution is -2.16. The summed E-state index contributed by atoms with van der Waals surface area (Å²) in [5.74, 6) is 0.640. The molecule has 1 aromatic heterocycles. The van der Waals surface area contributed by atoms with E-state index in [1.807, 2.05) is 42.0 Å². The van der Waals surface area contributed by atoms with Crippen LogP contribution < -0.4 is 20.5 Å². The SMILES string of the molecule is C=Nc1ccsc1C(=NCNc1ccc(S(N)(=O)=O)cc1)Nc1ccccc1NSC. The van der Waals surface area contributed by atoms with E-state index >= 15 is 0 Å². The summed E-state index contributed by atoms with van der Waals surface area (Å²) in [4.78, 5) is 9.68. The molecular formula is C20H22N6O2S3. The number of nitrogens with one attached hydrogen (secondary N) is 3. The molecule has 0 aliphatic rings. The minimum Gasteiger partial charge on any atom is -0.366 e. The van der Waals surface area contributed by atoms with E-state index in [-0.39, 0.29) is 11.6 Å². The lowest BCUT2D eigenvalue weighted by molar-refractivity contribution is 0.598. The number of rotatable bonds is 9. The summed E-state index contributed by atoms with van der Waals surface area (Å²) in [7, 11) is -3.72. The van der Waals surface area contributed by atoms with Crippen LogP contribution >= 0.6 is 23.3 Å². The van der Waals surface area contributed by atoms with Gasteiger partial charge in [-0.25, -0.2) is 18.5 Å². The molecule has 8 nitrogen and oxygen atoms in total. The smallest absolute Gasteiger partial charge is 0.238 e. The maximum Gasteiger partial charge on any atom is 0.238 e. The van der Waals surface area contributed by atoms with Crippen LogP contribution in [0.4, 0.5) is 22.7 Å². The van der Waals surface area contributed by atoms with Crippen molar-refractivity contribution in [2.24, 2.45) is 15.1 Å². The molecule has 0 amide bonds. The highest BCUT2D eigenvalue weighted by atomic mass is 32.2. The zero-order chi connectivity index (χ0) is 22.3. The van der Waals surface area contributed by atoms with Crippen LogP contribution in [0.1, 0.15) is 4.88 Å². The van der Waals surface area contributed by atoms with E-state index < -0.39 is 10.0 Å². The van der Waals surface area contributed by atoms with Crippen molar-refractivity contribution in [1.82, 2.24) is 0 Å². The fraction of sp³-hybridized carbons (Fsp3) is 0.100. The predicted octanol–water partition coefficient (Wildman–Crippen LogP) is 4.35. The number of benzene rings is 2. The van der Waals surface area contributed by atoms with Crippen LogP contribution in [0.3, 0.4) is 0 Å². The van der Waals surface area contributed by atoms with Crippen molar-refractivity contribution in [3.63, 3.8) is 0 Å². The Morgan fingerprint density at radius 3 is 2.48 bits per heavy atom. The highest BCUT2D eigenvalue weighted by Crippen LogP contribution is 2.29. The van der Waals surface area contributed by atoms with E-state index in [9.17, 15) is 8.42 Å². The Bertz CT molecular complexity index is 1170. The van der Waals surface area contributed by atoms with E-state index in [1.165, 1.54) is 35.4 Å². The first-order valence-corrected chi connectivity index (χ1v) is 12.7. The lowest BCUT2D eigenvalue weighted by atomic mass is 10.2. The number of amidine groups is 1. The number of nitrogens with two attached hydrogens (primary N) is 1. The van der Waals surface area contributed by atoms with E-state index in [0.29, 0.717) is 11.5 Å². The van der Waals surface area contributed by atoms with Crippen molar-refractivity contribution in [3.05, 3.63) is 64.9 Å². The normalized spacial score (nSPS) is 11.7. The molecule has 3 rings (SSSR count). The molecule has 11 heteroatoms. The highest BCUT2D eigenvalue weighted by molar-refractivity contribution is 7.99. The summed E-state index contributed by atoms with van der Waals surface area (Å²) in [6.45, 7) is 3.89. The van der Waals surface area contributed by atoms with Gasteiger partial charge in [0.1, 0.15) is 12.5 Å². The number of primary sulfonamides is 1. The predicted molar refractivity (Wildman–Crippen MR) is 134 cm³/mol. The molecule has 0 saturated heterocycles. The van der Waals surface area contributed by atoms with Gasteiger partial charge in [0.25, 0.3) is 0 Å².